The van der Waals surface area contributed by atoms with Crippen LogP contribution in [0, 0.1) is 11.6 Å². The van der Waals surface area contributed by atoms with Gasteiger partial charge in [0.1, 0.15) is 11.6 Å². The quantitative estimate of drug-likeness (QED) is 0.486. The molecule has 3 rings (SSSR count). The third-order valence-corrected chi connectivity index (χ3v) is 4.25. The maximum atomic E-state index is 13.7. The van der Waals surface area contributed by atoms with E-state index in [1.807, 2.05) is 0 Å². The molecule has 0 saturated heterocycles. The van der Waals surface area contributed by atoms with Crippen molar-refractivity contribution in [2.75, 3.05) is 5.32 Å². The van der Waals surface area contributed by atoms with Crippen molar-refractivity contribution in [3.63, 3.8) is 0 Å². The van der Waals surface area contributed by atoms with Gasteiger partial charge in [-0.05, 0) is 54.1 Å². The number of alkyl halides is 3. The monoisotopic (exact) mass is 411 g/mol. The number of nitrogens with one attached hydrogen (secondary N) is 1. The van der Waals surface area contributed by atoms with Crippen molar-refractivity contribution in [3.8, 4) is 11.1 Å². The fourth-order valence-corrected chi connectivity index (χ4v) is 2.75. The lowest BCUT2D eigenvalue weighted by Crippen LogP contribution is -2.14. The molecule has 0 saturated carbocycles. The van der Waals surface area contributed by atoms with Crippen molar-refractivity contribution in [2.45, 2.75) is 6.18 Å². The minimum Gasteiger partial charge on any atom is -0.322 e. The van der Waals surface area contributed by atoms with Crippen LogP contribution in [0.5, 0.6) is 0 Å². The van der Waals surface area contributed by atoms with Gasteiger partial charge < -0.3 is 5.32 Å². The number of anilines is 1. The van der Waals surface area contributed by atoms with Gasteiger partial charge in [0.25, 0.3) is 5.91 Å². The Bertz CT molecular complexity index is 1030. The van der Waals surface area contributed by atoms with E-state index in [9.17, 15) is 26.7 Å². The summed E-state index contributed by atoms with van der Waals surface area (Å²) in [4.78, 5) is 12.1. The Morgan fingerprint density at radius 2 is 1.57 bits per heavy atom. The van der Waals surface area contributed by atoms with Gasteiger partial charge in [0.15, 0.2) is 0 Å². The summed E-state index contributed by atoms with van der Waals surface area (Å²) < 4.78 is 65.5. The highest BCUT2D eigenvalue weighted by Crippen LogP contribution is 2.36. The van der Waals surface area contributed by atoms with E-state index in [0.29, 0.717) is 5.56 Å². The predicted molar refractivity (Wildman–Crippen MR) is 96.2 cm³/mol. The van der Waals surface area contributed by atoms with Crippen LogP contribution in [0.1, 0.15) is 15.9 Å². The molecular formula is C20H11ClF5NO. The molecule has 3 aromatic carbocycles. The van der Waals surface area contributed by atoms with E-state index < -0.39 is 34.8 Å². The molecule has 0 aliphatic rings. The number of rotatable bonds is 3. The van der Waals surface area contributed by atoms with Crippen LogP contribution in [0.15, 0.2) is 60.7 Å². The SMILES string of the molecule is O=C(Nc1ccc(-c2cc(C(F)(F)F)ccc2Cl)cc1)c1cc(F)ccc1F. The average Bonchev–Trinajstić information content (AvgIpc) is 2.64. The third-order valence-electron chi connectivity index (χ3n) is 3.92. The number of benzene rings is 3. The van der Waals surface area contributed by atoms with E-state index in [1.165, 1.54) is 24.3 Å². The minimum absolute atomic E-state index is 0.131. The first-order chi connectivity index (χ1) is 13.1. The maximum absolute atomic E-state index is 13.7. The standard InChI is InChI=1S/C20H11ClF5NO/c21-17-7-3-12(20(24,25)26)9-15(17)11-1-5-14(6-2-11)27-19(28)16-10-13(22)4-8-18(16)23/h1-10H,(H,27,28). The molecule has 0 unspecified atom stereocenters. The van der Waals surface area contributed by atoms with Crippen LogP contribution < -0.4 is 5.32 Å². The highest BCUT2D eigenvalue weighted by Gasteiger charge is 2.31. The molecule has 0 spiro atoms. The Morgan fingerprint density at radius 1 is 0.893 bits per heavy atom. The normalized spacial score (nSPS) is 11.4. The molecule has 3 aromatic rings. The molecule has 0 atom stereocenters. The molecule has 0 radical (unpaired) electrons. The van der Waals surface area contributed by atoms with Crippen molar-refractivity contribution in [1.29, 1.82) is 0 Å². The van der Waals surface area contributed by atoms with Crippen LogP contribution in [0.3, 0.4) is 0 Å². The number of carbonyl (C=O) groups excluding carboxylic acids is 1. The highest BCUT2D eigenvalue weighted by atomic mass is 35.5. The molecule has 1 N–H and O–H groups in total. The van der Waals surface area contributed by atoms with Gasteiger partial charge >= 0.3 is 6.18 Å². The van der Waals surface area contributed by atoms with Crippen molar-refractivity contribution < 1.29 is 26.7 Å². The molecule has 8 heteroatoms. The smallest absolute Gasteiger partial charge is 0.322 e. The zero-order chi connectivity index (χ0) is 20.5. The third kappa shape index (κ3) is 4.31. The molecule has 0 aliphatic carbocycles. The number of hydrogen-bond acceptors (Lipinski definition) is 1. The molecule has 0 heterocycles. The summed E-state index contributed by atoms with van der Waals surface area (Å²) >= 11 is 6.00. The van der Waals surface area contributed by atoms with Gasteiger partial charge in [-0.3, -0.25) is 4.79 Å². The van der Waals surface area contributed by atoms with Crippen molar-refractivity contribution in [2.24, 2.45) is 0 Å². The molecule has 0 aliphatic heterocycles. The van der Waals surface area contributed by atoms with Crippen LogP contribution in [0.4, 0.5) is 27.6 Å². The summed E-state index contributed by atoms with van der Waals surface area (Å²) in [5.41, 5.74) is -0.493. The van der Waals surface area contributed by atoms with Gasteiger partial charge in [0.2, 0.25) is 0 Å². The van der Waals surface area contributed by atoms with Crippen molar-refractivity contribution in [1.82, 2.24) is 0 Å². The van der Waals surface area contributed by atoms with E-state index >= 15 is 0 Å². The molecule has 2 nitrogen and oxygen atoms in total. The zero-order valence-corrected chi connectivity index (χ0v) is 14.7. The molecule has 1 amide bonds. The van der Waals surface area contributed by atoms with Gasteiger partial charge in [-0.1, -0.05) is 23.7 Å². The van der Waals surface area contributed by atoms with E-state index in [-0.39, 0.29) is 16.3 Å². The van der Waals surface area contributed by atoms with Crippen LogP contribution in [0.2, 0.25) is 5.02 Å². The molecule has 0 fully saturated rings. The molecular weight excluding hydrogens is 401 g/mol. The van der Waals surface area contributed by atoms with Gasteiger partial charge in [0, 0.05) is 16.3 Å². The Labute approximate surface area is 161 Å². The first-order valence-corrected chi connectivity index (χ1v) is 8.26. The molecule has 0 aromatic heterocycles. The number of halogens is 6. The largest absolute Gasteiger partial charge is 0.416 e. The summed E-state index contributed by atoms with van der Waals surface area (Å²) in [7, 11) is 0. The summed E-state index contributed by atoms with van der Waals surface area (Å²) in [6, 6.07) is 11.2. The second-order valence-corrected chi connectivity index (χ2v) is 6.26. The molecule has 144 valence electrons. The summed E-state index contributed by atoms with van der Waals surface area (Å²) in [6.07, 6.45) is -4.51. The van der Waals surface area contributed by atoms with E-state index in [1.54, 1.807) is 0 Å². The van der Waals surface area contributed by atoms with Gasteiger partial charge in [-0.15, -0.1) is 0 Å². The Kier molecular flexibility index (Phi) is 5.38. The van der Waals surface area contributed by atoms with Crippen LogP contribution in [0.25, 0.3) is 11.1 Å². The van der Waals surface area contributed by atoms with Gasteiger partial charge in [-0.25, -0.2) is 8.78 Å². The van der Waals surface area contributed by atoms with Crippen molar-refractivity contribution in [3.05, 3.63) is 88.4 Å². The number of carbonyl (C=O) groups is 1. The van der Waals surface area contributed by atoms with Crippen LogP contribution in [-0.2, 0) is 6.18 Å². The fraction of sp³-hybridized carbons (Fsp3) is 0.0500. The first kappa shape index (κ1) is 19.8. The highest BCUT2D eigenvalue weighted by molar-refractivity contribution is 6.33. The lowest BCUT2D eigenvalue weighted by Gasteiger charge is -2.12. The van der Waals surface area contributed by atoms with E-state index in [2.05, 4.69) is 5.32 Å². The average molecular weight is 412 g/mol. The fourth-order valence-electron chi connectivity index (χ4n) is 2.53. The van der Waals surface area contributed by atoms with Crippen LogP contribution >= 0.6 is 11.6 Å². The molecule has 28 heavy (non-hydrogen) atoms. The topological polar surface area (TPSA) is 29.1 Å². The Hall–Kier alpha value is -2.93. The minimum atomic E-state index is -4.51. The number of hydrogen-bond donors (Lipinski definition) is 1. The Balaban J connectivity index is 1.84. The predicted octanol–water partition coefficient (Wildman–Crippen LogP) is 6.56. The second-order valence-electron chi connectivity index (χ2n) is 5.85. The van der Waals surface area contributed by atoms with Crippen LogP contribution in [-0.4, -0.2) is 5.91 Å². The summed E-state index contributed by atoms with van der Waals surface area (Å²) in [5.74, 6) is -2.51. The lowest BCUT2D eigenvalue weighted by atomic mass is 10.0. The zero-order valence-electron chi connectivity index (χ0n) is 13.9. The van der Waals surface area contributed by atoms with Gasteiger partial charge in [0.05, 0.1) is 11.1 Å². The first-order valence-electron chi connectivity index (χ1n) is 7.89. The second kappa shape index (κ2) is 7.59. The number of amides is 1. The van der Waals surface area contributed by atoms with Gasteiger partial charge in [-0.2, -0.15) is 13.2 Å². The van der Waals surface area contributed by atoms with Crippen molar-refractivity contribution >= 4 is 23.2 Å². The maximum Gasteiger partial charge on any atom is 0.416 e. The Morgan fingerprint density at radius 3 is 2.21 bits per heavy atom. The lowest BCUT2D eigenvalue weighted by molar-refractivity contribution is -0.137. The van der Waals surface area contributed by atoms with E-state index in [0.717, 1.165) is 36.4 Å². The van der Waals surface area contributed by atoms with E-state index in [4.69, 9.17) is 11.6 Å². The summed E-state index contributed by atoms with van der Waals surface area (Å²) in [6.45, 7) is 0. The molecule has 0 bridgehead atoms. The summed E-state index contributed by atoms with van der Waals surface area (Å²) in [5, 5.41) is 2.53.